The first-order valence-corrected chi connectivity index (χ1v) is 5.94. The Morgan fingerprint density at radius 2 is 2.00 bits per heavy atom. The van der Waals surface area contributed by atoms with Crippen LogP contribution in [0.5, 0.6) is 0 Å². The first-order valence-electron chi connectivity index (χ1n) is 5.94. The summed E-state index contributed by atoms with van der Waals surface area (Å²) in [5, 5.41) is 12.2. The zero-order chi connectivity index (χ0) is 13.5. The number of anilines is 1. The smallest absolute Gasteiger partial charge is 0.181 e. The van der Waals surface area contributed by atoms with Gasteiger partial charge in [-0.2, -0.15) is 0 Å². The van der Waals surface area contributed by atoms with Crippen LogP contribution < -0.4 is 5.32 Å². The van der Waals surface area contributed by atoms with E-state index in [-0.39, 0.29) is 18.8 Å². The fraction of sp³-hybridized carbons (Fsp3) is 0.538. The zero-order valence-corrected chi connectivity index (χ0v) is 10.6. The molecule has 18 heavy (non-hydrogen) atoms. The number of halogens is 2. The molecule has 0 spiro atoms. The van der Waals surface area contributed by atoms with E-state index in [4.69, 9.17) is 4.74 Å². The van der Waals surface area contributed by atoms with Gasteiger partial charge in [-0.25, -0.2) is 8.78 Å². The quantitative estimate of drug-likeness (QED) is 0.790. The van der Waals surface area contributed by atoms with Crippen LogP contribution in [0.1, 0.15) is 13.8 Å². The van der Waals surface area contributed by atoms with Gasteiger partial charge in [-0.3, -0.25) is 0 Å². The van der Waals surface area contributed by atoms with E-state index in [1.165, 1.54) is 12.1 Å². The van der Waals surface area contributed by atoms with E-state index in [9.17, 15) is 13.9 Å². The molecule has 0 fully saturated rings. The van der Waals surface area contributed by atoms with Crippen LogP contribution in [-0.4, -0.2) is 31.0 Å². The number of hydrogen-bond donors (Lipinski definition) is 2. The molecule has 0 heterocycles. The molecule has 1 unspecified atom stereocenters. The molecule has 0 saturated carbocycles. The number of benzene rings is 1. The van der Waals surface area contributed by atoms with Crippen LogP contribution in [0.2, 0.25) is 0 Å². The molecule has 102 valence electrons. The van der Waals surface area contributed by atoms with Crippen molar-refractivity contribution in [2.24, 2.45) is 5.92 Å². The van der Waals surface area contributed by atoms with E-state index in [2.05, 4.69) is 5.32 Å². The summed E-state index contributed by atoms with van der Waals surface area (Å²) < 4.78 is 31.4. The largest absolute Gasteiger partial charge is 0.389 e. The normalized spacial score (nSPS) is 12.8. The Morgan fingerprint density at radius 3 is 2.67 bits per heavy atom. The lowest BCUT2D eigenvalue weighted by Crippen LogP contribution is -2.26. The minimum atomic E-state index is -0.937. The average molecular weight is 259 g/mol. The summed E-state index contributed by atoms with van der Waals surface area (Å²) in [5.41, 5.74) is 0.0397. The number of ether oxygens (including phenoxy) is 1. The maximum absolute atomic E-state index is 13.3. The zero-order valence-electron chi connectivity index (χ0n) is 10.6. The van der Waals surface area contributed by atoms with Crippen molar-refractivity contribution in [3.63, 3.8) is 0 Å². The Morgan fingerprint density at radius 1 is 1.28 bits per heavy atom. The van der Waals surface area contributed by atoms with E-state index >= 15 is 0 Å². The van der Waals surface area contributed by atoms with Crippen LogP contribution in [0.25, 0.3) is 0 Å². The molecule has 0 aromatic heterocycles. The molecule has 0 aliphatic heterocycles. The third kappa shape index (κ3) is 4.98. The second-order valence-electron chi connectivity index (χ2n) is 4.57. The van der Waals surface area contributed by atoms with Crippen LogP contribution in [0.15, 0.2) is 18.2 Å². The van der Waals surface area contributed by atoms with Gasteiger partial charge in [0, 0.05) is 13.2 Å². The molecule has 0 aliphatic rings. The van der Waals surface area contributed by atoms with E-state index in [0.29, 0.717) is 12.5 Å². The fourth-order valence-corrected chi connectivity index (χ4v) is 1.37. The Bertz CT molecular complexity index is 372. The summed E-state index contributed by atoms with van der Waals surface area (Å²) in [6.07, 6.45) is -0.758. The van der Waals surface area contributed by atoms with Crippen molar-refractivity contribution in [3.05, 3.63) is 29.8 Å². The third-order valence-electron chi connectivity index (χ3n) is 2.24. The highest BCUT2D eigenvalue weighted by Gasteiger charge is 2.09. The maximum Gasteiger partial charge on any atom is 0.181 e. The SMILES string of the molecule is CC(C)COCC(O)CNc1cccc(F)c1F. The molecule has 5 heteroatoms. The summed E-state index contributed by atoms with van der Waals surface area (Å²) in [6, 6.07) is 3.87. The minimum Gasteiger partial charge on any atom is -0.389 e. The molecule has 0 amide bonds. The number of rotatable bonds is 7. The molecule has 2 N–H and O–H groups in total. The van der Waals surface area contributed by atoms with Gasteiger partial charge in [0.25, 0.3) is 0 Å². The highest BCUT2D eigenvalue weighted by Crippen LogP contribution is 2.16. The Kier molecular flexibility index (Phi) is 6.01. The highest BCUT2D eigenvalue weighted by molar-refractivity contribution is 5.44. The minimum absolute atomic E-state index is 0.0397. The number of aliphatic hydroxyl groups excluding tert-OH is 1. The maximum atomic E-state index is 13.3. The Labute approximate surface area is 106 Å². The predicted octanol–water partition coefficient (Wildman–Crippen LogP) is 2.41. The van der Waals surface area contributed by atoms with Crippen LogP contribution in [0, 0.1) is 17.6 Å². The first-order chi connectivity index (χ1) is 8.50. The van der Waals surface area contributed by atoms with Gasteiger partial charge in [-0.05, 0) is 18.1 Å². The topological polar surface area (TPSA) is 41.5 Å². The molecular formula is C13H19F2NO2. The summed E-state index contributed by atoms with van der Waals surface area (Å²) in [6.45, 7) is 4.85. The van der Waals surface area contributed by atoms with E-state index in [1.807, 2.05) is 13.8 Å². The van der Waals surface area contributed by atoms with Gasteiger partial charge < -0.3 is 15.2 Å². The van der Waals surface area contributed by atoms with E-state index < -0.39 is 17.7 Å². The lowest BCUT2D eigenvalue weighted by molar-refractivity contribution is 0.0317. The molecule has 0 radical (unpaired) electrons. The standard InChI is InChI=1S/C13H19F2NO2/c1-9(2)7-18-8-10(17)6-16-12-5-3-4-11(14)13(12)15/h3-5,9-10,16-17H,6-8H2,1-2H3. The van der Waals surface area contributed by atoms with Gasteiger partial charge in [0.05, 0.1) is 18.4 Å². The molecule has 0 aliphatic carbocycles. The monoisotopic (exact) mass is 259 g/mol. The predicted molar refractivity (Wildman–Crippen MR) is 66.5 cm³/mol. The number of hydrogen-bond acceptors (Lipinski definition) is 3. The van der Waals surface area contributed by atoms with Crippen molar-refractivity contribution in [1.29, 1.82) is 0 Å². The van der Waals surface area contributed by atoms with E-state index in [0.717, 1.165) is 6.07 Å². The molecule has 1 aromatic rings. The number of aliphatic hydroxyl groups is 1. The molecular weight excluding hydrogens is 240 g/mol. The van der Waals surface area contributed by atoms with Crippen molar-refractivity contribution < 1.29 is 18.6 Å². The molecule has 1 atom stereocenters. The van der Waals surface area contributed by atoms with Gasteiger partial charge in [-0.15, -0.1) is 0 Å². The van der Waals surface area contributed by atoms with Crippen LogP contribution in [0.4, 0.5) is 14.5 Å². The van der Waals surface area contributed by atoms with Crippen molar-refractivity contribution in [3.8, 4) is 0 Å². The van der Waals surface area contributed by atoms with Gasteiger partial charge in [0.15, 0.2) is 11.6 Å². The Balaban J connectivity index is 2.33. The summed E-state index contributed by atoms with van der Waals surface area (Å²) >= 11 is 0. The van der Waals surface area contributed by atoms with E-state index in [1.54, 1.807) is 0 Å². The second-order valence-corrected chi connectivity index (χ2v) is 4.57. The van der Waals surface area contributed by atoms with Gasteiger partial charge >= 0.3 is 0 Å². The average Bonchev–Trinajstić information content (AvgIpc) is 2.30. The van der Waals surface area contributed by atoms with Crippen molar-refractivity contribution in [1.82, 2.24) is 0 Å². The van der Waals surface area contributed by atoms with Crippen molar-refractivity contribution in [2.45, 2.75) is 20.0 Å². The molecule has 1 rings (SSSR count). The lowest BCUT2D eigenvalue weighted by Gasteiger charge is -2.14. The summed E-state index contributed by atoms with van der Waals surface area (Å²) in [7, 11) is 0. The van der Waals surface area contributed by atoms with Crippen molar-refractivity contribution in [2.75, 3.05) is 25.1 Å². The molecule has 3 nitrogen and oxygen atoms in total. The van der Waals surface area contributed by atoms with Crippen LogP contribution in [0.3, 0.4) is 0 Å². The number of nitrogens with one attached hydrogen (secondary N) is 1. The molecule has 0 bridgehead atoms. The highest BCUT2D eigenvalue weighted by atomic mass is 19.2. The van der Waals surface area contributed by atoms with Gasteiger partial charge in [0.1, 0.15) is 0 Å². The third-order valence-corrected chi connectivity index (χ3v) is 2.24. The molecule has 1 aromatic carbocycles. The fourth-order valence-electron chi connectivity index (χ4n) is 1.37. The summed E-state index contributed by atoms with van der Waals surface area (Å²) in [4.78, 5) is 0. The van der Waals surface area contributed by atoms with Crippen LogP contribution >= 0.6 is 0 Å². The Hall–Kier alpha value is -1.20. The molecule has 0 saturated heterocycles. The van der Waals surface area contributed by atoms with Gasteiger partial charge in [-0.1, -0.05) is 19.9 Å². The van der Waals surface area contributed by atoms with Crippen LogP contribution in [-0.2, 0) is 4.74 Å². The summed E-state index contributed by atoms with van der Waals surface area (Å²) in [5.74, 6) is -1.45. The van der Waals surface area contributed by atoms with Gasteiger partial charge in [0.2, 0.25) is 0 Å². The van der Waals surface area contributed by atoms with Crippen molar-refractivity contribution >= 4 is 5.69 Å². The first kappa shape index (κ1) is 14.9. The lowest BCUT2D eigenvalue weighted by atomic mass is 10.2. The second kappa shape index (κ2) is 7.28.